The molecule has 0 atom stereocenters. The van der Waals surface area contributed by atoms with Crippen LogP contribution in [0.1, 0.15) is 0 Å². The summed E-state index contributed by atoms with van der Waals surface area (Å²) in [5.41, 5.74) is 7.04. The Bertz CT molecular complexity index is 2130. The maximum Gasteiger partial charge on any atom is 0.301 e. The van der Waals surface area contributed by atoms with Crippen molar-refractivity contribution in [2.45, 2.75) is 0 Å². The molecule has 0 saturated carbocycles. The second-order valence-corrected chi connectivity index (χ2v) is 10.4. The van der Waals surface area contributed by atoms with E-state index in [1.165, 1.54) is 0 Å². The van der Waals surface area contributed by atoms with Crippen molar-refractivity contribution in [2.24, 2.45) is 24.1 Å². The van der Waals surface area contributed by atoms with E-state index < -0.39 is 0 Å². The van der Waals surface area contributed by atoms with Crippen LogP contribution in [0.15, 0.2) is 119 Å². The van der Waals surface area contributed by atoms with Crippen molar-refractivity contribution in [3.05, 3.63) is 109 Å². The Morgan fingerprint density at radius 3 is 1.84 bits per heavy atom. The third-order valence-electron chi connectivity index (χ3n) is 7.64. The molecule has 0 saturated heterocycles. The summed E-state index contributed by atoms with van der Waals surface area (Å²) in [4.78, 5) is 22.1. The zero-order chi connectivity index (χ0) is 29.8. The summed E-state index contributed by atoms with van der Waals surface area (Å²) >= 11 is 0. The van der Waals surface area contributed by atoms with E-state index in [1.807, 2.05) is 108 Å². The predicted octanol–water partition coefficient (Wildman–Crippen LogP) is 7.66. The first-order valence-electron chi connectivity index (χ1n) is 14.0. The summed E-state index contributed by atoms with van der Waals surface area (Å²) in [7, 11) is 3.73. The number of aliphatic imine (C=N–C) groups is 2. The standard InChI is InChI=1S/C34H25N8O2.Pt/c1-39-19-30(37-32(39)41-21-35-26-15-7-3-11-22(26)24-13-5-9-17-28(24)41)44-31-20-40(2)33(38-31)42-29-18-10-6-14-25(29)23-12-4-8-16-27(23)36-34(42)43;/h3-20H,1-2H3,(H,36,43);/q-1;. The number of nitrogens with zero attached hydrogens (tertiary/aromatic N) is 8. The average molecular weight is 773 g/mol. The van der Waals surface area contributed by atoms with Gasteiger partial charge in [-0.2, -0.15) is 9.98 Å². The van der Waals surface area contributed by atoms with Gasteiger partial charge in [-0.25, -0.2) is 9.88 Å². The third-order valence-corrected chi connectivity index (χ3v) is 7.64. The van der Waals surface area contributed by atoms with Crippen LogP contribution < -0.4 is 14.5 Å². The number of benzene rings is 4. The van der Waals surface area contributed by atoms with Gasteiger partial charge in [0.15, 0.2) is 0 Å². The van der Waals surface area contributed by atoms with Crippen LogP contribution in [0.25, 0.3) is 22.3 Å². The van der Waals surface area contributed by atoms with E-state index in [-0.39, 0.29) is 27.1 Å². The zero-order valence-electron chi connectivity index (χ0n) is 24.1. The fraction of sp³-hybridized carbons (Fsp3) is 0.0588. The fourth-order valence-corrected chi connectivity index (χ4v) is 5.64. The Hall–Kier alpha value is -5.47. The van der Waals surface area contributed by atoms with Gasteiger partial charge in [0.2, 0.25) is 17.7 Å². The Kier molecular flexibility index (Phi) is 7.06. The van der Waals surface area contributed by atoms with E-state index in [9.17, 15) is 5.11 Å². The van der Waals surface area contributed by atoms with Gasteiger partial charge in [0.25, 0.3) is 0 Å². The molecule has 4 heterocycles. The van der Waals surface area contributed by atoms with Crippen LogP contribution in [0.4, 0.5) is 34.6 Å². The summed E-state index contributed by atoms with van der Waals surface area (Å²) in [5.74, 6) is 1.65. The molecule has 2 aliphatic heterocycles. The van der Waals surface area contributed by atoms with Crippen LogP contribution in [-0.4, -0.2) is 36.6 Å². The van der Waals surface area contributed by atoms with Crippen LogP contribution in [-0.2, 0) is 35.2 Å². The molecule has 0 fully saturated rings. The van der Waals surface area contributed by atoms with Gasteiger partial charge in [-0.05, 0) is 34.6 Å². The Morgan fingerprint density at radius 1 is 0.622 bits per heavy atom. The van der Waals surface area contributed by atoms with Crippen molar-refractivity contribution < 1.29 is 30.9 Å². The summed E-state index contributed by atoms with van der Waals surface area (Å²) in [6.07, 6.45) is 6.68. The molecule has 45 heavy (non-hydrogen) atoms. The number of aromatic nitrogens is 4. The molecule has 10 nitrogen and oxygen atoms in total. The van der Waals surface area contributed by atoms with Crippen molar-refractivity contribution in [3.63, 3.8) is 0 Å². The summed E-state index contributed by atoms with van der Waals surface area (Å²) in [5, 5.41) is 11.2. The second kappa shape index (κ2) is 11.2. The van der Waals surface area contributed by atoms with Gasteiger partial charge in [0.05, 0.1) is 23.8 Å². The predicted molar refractivity (Wildman–Crippen MR) is 171 cm³/mol. The number of anilines is 4. The van der Waals surface area contributed by atoms with Gasteiger partial charge >= 0.3 is 6.02 Å². The van der Waals surface area contributed by atoms with Crippen LogP contribution in [0.3, 0.4) is 0 Å². The number of rotatable bonds is 4. The number of hydrogen-bond donors (Lipinski definition) is 1. The van der Waals surface area contributed by atoms with E-state index in [4.69, 9.17) is 14.7 Å². The van der Waals surface area contributed by atoms with E-state index in [1.54, 1.807) is 21.9 Å². The number of hydrogen-bond acceptors (Lipinski definition) is 7. The van der Waals surface area contributed by atoms with Crippen molar-refractivity contribution >= 4 is 47.0 Å². The van der Waals surface area contributed by atoms with Crippen molar-refractivity contribution in [1.82, 2.24) is 19.1 Å². The smallest absolute Gasteiger partial charge is 0.301 e. The molecular formula is C34H25N8O2Pt-. The van der Waals surface area contributed by atoms with Gasteiger partial charge < -0.3 is 28.9 Å². The largest absolute Gasteiger partial charge is 0.480 e. The maximum absolute atomic E-state index is 11.2. The Morgan fingerprint density at radius 2 is 1.13 bits per heavy atom. The van der Waals surface area contributed by atoms with E-state index in [0.29, 0.717) is 29.3 Å². The topological polar surface area (TPSA) is 96.3 Å². The monoisotopic (exact) mass is 772 g/mol. The first-order chi connectivity index (χ1) is 21.5. The number of para-hydroxylation sites is 4. The van der Waals surface area contributed by atoms with Crippen molar-refractivity contribution in [3.8, 4) is 34.0 Å². The third kappa shape index (κ3) is 4.80. The quantitative estimate of drug-likeness (QED) is 0.185. The van der Waals surface area contributed by atoms with Gasteiger partial charge in [0, 0.05) is 52.6 Å². The van der Waals surface area contributed by atoms with Crippen molar-refractivity contribution in [1.29, 1.82) is 0 Å². The van der Waals surface area contributed by atoms with Crippen LogP contribution in [0.2, 0.25) is 0 Å². The molecule has 2 aliphatic rings. The normalized spacial score (nSPS) is 13.0. The first-order valence-corrected chi connectivity index (χ1v) is 14.0. The van der Waals surface area contributed by atoms with E-state index in [2.05, 4.69) is 28.5 Å². The number of aliphatic hydroxyl groups excluding tert-OH is 1. The molecule has 0 bridgehead atoms. The first kappa shape index (κ1) is 28.3. The minimum atomic E-state index is -0.196. The summed E-state index contributed by atoms with van der Waals surface area (Å²) in [6.45, 7) is 0. The SMILES string of the molecule is Cn1cc(Oc2cn(C)c(N3C(O)=Nc4ccccc4-c4ccccc43)n2)nc1N1[C-]=Nc2ccccc2-c2ccccc21.[Pt]. The van der Waals surface area contributed by atoms with Crippen molar-refractivity contribution in [2.75, 3.05) is 9.80 Å². The van der Waals surface area contributed by atoms with Crippen LogP contribution in [0.5, 0.6) is 11.8 Å². The molecule has 6 aromatic rings. The van der Waals surface area contributed by atoms with Crippen LogP contribution >= 0.6 is 0 Å². The number of ether oxygens (including phenoxy) is 1. The molecule has 8 rings (SSSR count). The average Bonchev–Trinajstić information content (AvgIpc) is 3.48. The molecular weight excluding hydrogens is 748 g/mol. The molecule has 2 aromatic heterocycles. The molecule has 4 aromatic carbocycles. The van der Waals surface area contributed by atoms with Crippen LogP contribution in [0, 0.1) is 0 Å². The fourth-order valence-electron chi connectivity index (χ4n) is 5.64. The van der Waals surface area contributed by atoms with Gasteiger partial charge in [-0.1, -0.05) is 84.9 Å². The minimum absolute atomic E-state index is 0. The number of aliphatic hydroxyl groups is 1. The number of amidine groups is 1. The molecule has 1 N–H and O–H groups in total. The van der Waals surface area contributed by atoms with Gasteiger partial charge in [-0.3, -0.25) is 0 Å². The van der Waals surface area contributed by atoms with E-state index >= 15 is 0 Å². The minimum Gasteiger partial charge on any atom is -0.480 e. The molecule has 0 amide bonds. The number of imidazole rings is 2. The molecule has 0 aliphatic carbocycles. The molecule has 0 unspecified atom stereocenters. The Balaban J connectivity index is 0.00000325. The summed E-state index contributed by atoms with van der Waals surface area (Å²) in [6, 6.07) is 31.4. The van der Waals surface area contributed by atoms with E-state index in [0.717, 1.165) is 39.3 Å². The maximum atomic E-state index is 11.2. The number of fused-ring (bicyclic) bond motifs is 6. The molecule has 0 spiro atoms. The molecule has 11 heteroatoms. The number of aryl methyl sites for hydroxylation is 2. The molecule has 0 radical (unpaired) electrons. The van der Waals surface area contributed by atoms with Gasteiger partial charge in [0.1, 0.15) is 5.95 Å². The zero-order valence-corrected chi connectivity index (χ0v) is 26.4. The molecule has 224 valence electrons. The van der Waals surface area contributed by atoms with Gasteiger partial charge in [-0.15, -0.1) is 0 Å². The summed E-state index contributed by atoms with van der Waals surface area (Å²) < 4.78 is 9.82. The Labute approximate surface area is 273 Å². The second-order valence-electron chi connectivity index (χ2n) is 10.4.